The van der Waals surface area contributed by atoms with E-state index >= 15 is 0 Å². The van der Waals surface area contributed by atoms with Crippen molar-refractivity contribution in [3.8, 4) is 17.6 Å². The summed E-state index contributed by atoms with van der Waals surface area (Å²) < 4.78 is 37.2. The number of nitrogens with one attached hydrogen (secondary N) is 1. The zero-order valence-electron chi connectivity index (χ0n) is 22.8. The van der Waals surface area contributed by atoms with Gasteiger partial charge >= 0.3 is 0 Å². The van der Waals surface area contributed by atoms with Crippen LogP contribution in [0.4, 0.5) is 11.8 Å². The van der Waals surface area contributed by atoms with Crippen molar-refractivity contribution in [2.24, 2.45) is 0 Å². The number of benzene rings is 2. The molecule has 1 aliphatic rings. The summed E-state index contributed by atoms with van der Waals surface area (Å²) in [5.41, 5.74) is 2.47. The molecule has 1 aliphatic heterocycles. The Morgan fingerprint density at radius 2 is 1.90 bits per heavy atom. The van der Waals surface area contributed by atoms with Gasteiger partial charge in [0.15, 0.2) is 5.75 Å². The normalized spacial score (nSPS) is 13.9. The highest BCUT2D eigenvalue weighted by Crippen LogP contribution is 2.38. The highest BCUT2D eigenvalue weighted by atomic mass is 35.5. The molecule has 0 atom stereocenters. The fraction of sp³-hybridized carbons (Fsp3) is 0.393. The van der Waals surface area contributed by atoms with E-state index in [0.717, 1.165) is 23.8 Å². The van der Waals surface area contributed by atoms with Crippen LogP contribution in [0.25, 0.3) is 0 Å². The summed E-state index contributed by atoms with van der Waals surface area (Å²) in [6, 6.07) is 13.5. The number of ether oxygens (including phenoxy) is 2. The molecule has 40 heavy (non-hydrogen) atoms. The zero-order valence-corrected chi connectivity index (χ0v) is 24.4. The Balaban J connectivity index is 1.51. The van der Waals surface area contributed by atoms with Gasteiger partial charge in [0, 0.05) is 24.7 Å². The third-order valence-electron chi connectivity index (χ3n) is 6.59. The van der Waals surface area contributed by atoms with Crippen molar-refractivity contribution in [2.45, 2.75) is 45.3 Å². The number of aliphatic hydroxyl groups excluding tert-OH is 1. The van der Waals surface area contributed by atoms with Crippen LogP contribution in [0.5, 0.6) is 11.5 Å². The standard InChI is InChI=1S/C28H32ClN5O5S/c1-5-10-38-25-18(13-30)11-21(12-24(25)29)28(2,3)20-6-8-23(9-7-20)39-17-19-14-31-27(33-40(4,36)37)32-26(19)34-15-22(35)16-34/h6-9,11-12,14,22,35H,5,10,15-17H2,1-4H3,(H,31,32,33). The first-order chi connectivity index (χ1) is 18.9. The lowest BCUT2D eigenvalue weighted by molar-refractivity contribution is 0.140. The van der Waals surface area contributed by atoms with Gasteiger partial charge in [-0.1, -0.05) is 44.5 Å². The Hall–Kier alpha value is -3.59. The molecule has 0 radical (unpaired) electrons. The Bertz CT molecular complexity index is 1520. The summed E-state index contributed by atoms with van der Waals surface area (Å²) >= 11 is 6.51. The minimum Gasteiger partial charge on any atom is -0.491 e. The van der Waals surface area contributed by atoms with Crippen molar-refractivity contribution in [3.63, 3.8) is 0 Å². The van der Waals surface area contributed by atoms with Gasteiger partial charge in [0.05, 0.1) is 35.1 Å². The second kappa shape index (κ2) is 11.9. The number of aromatic nitrogens is 2. The van der Waals surface area contributed by atoms with Crippen LogP contribution in [0.1, 0.15) is 49.4 Å². The van der Waals surface area contributed by atoms with Gasteiger partial charge in [0.25, 0.3) is 0 Å². The maximum Gasteiger partial charge on any atom is 0.238 e. The number of sulfonamides is 1. The minimum absolute atomic E-state index is 0.0427. The maximum atomic E-state index is 11.6. The van der Waals surface area contributed by atoms with Gasteiger partial charge in [-0.15, -0.1) is 0 Å². The largest absolute Gasteiger partial charge is 0.491 e. The molecule has 10 nitrogen and oxygen atoms in total. The molecule has 0 saturated carbocycles. The summed E-state index contributed by atoms with van der Waals surface area (Å²) in [4.78, 5) is 10.3. The third-order valence-corrected chi connectivity index (χ3v) is 7.42. The monoisotopic (exact) mass is 585 g/mol. The lowest BCUT2D eigenvalue weighted by atomic mass is 9.77. The van der Waals surface area contributed by atoms with E-state index in [1.165, 1.54) is 6.20 Å². The minimum atomic E-state index is -3.54. The van der Waals surface area contributed by atoms with E-state index in [0.29, 0.717) is 53.2 Å². The molecule has 0 spiro atoms. The lowest BCUT2D eigenvalue weighted by Gasteiger charge is -2.37. The summed E-state index contributed by atoms with van der Waals surface area (Å²) in [7, 11) is -3.54. The lowest BCUT2D eigenvalue weighted by Crippen LogP contribution is -2.51. The van der Waals surface area contributed by atoms with E-state index < -0.39 is 21.5 Å². The van der Waals surface area contributed by atoms with Crippen LogP contribution in [0.3, 0.4) is 0 Å². The molecule has 12 heteroatoms. The molecule has 1 saturated heterocycles. The van der Waals surface area contributed by atoms with Crippen LogP contribution in [-0.4, -0.2) is 55.5 Å². The molecule has 1 aromatic heterocycles. The first kappa shape index (κ1) is 29.4. The Kier molecular flexibility index (Phi) is 8.73. The van der Waals surface area contributed by atoms with Gasteiger partial charge in [-0.3, -0.25) is 4.72 Å². The van der Waals surface area contributed by atoms with Crippen molar-refractivity contribution in [1.29, 1.82) is 5.26 Å². The van der Waals surface area contributed by atoms with Crippen molar-refractivity contribution < 1.29 is 23.0 Å². The van der Waals surface area contributed by atoms with E-state index in [1.807, 2.05) is 48.2 Å². The number of anilines is 2. The fourth-order valence-corrected chi connectivity index (χ4v) is 5.00. The van der Waals surface area contributed by atoms with Crippen LogP contribution in [-0.2, 0) is 22.0 Å². The number of β-amino-alcohol motifs (C(OH)–C–C–N with tert-alkyl or cyclic N) is 1. The first-order valence-electron chi connectivity index (χ1n) is 12.8. The Labute approximate surface area is 239 Å². The summed E-state index contributed by atoms with van der Waals surface area (Å²) in [6.07, 6.45) is 2.89. The molecule has 0 unspecified atom stereocenters. The van der Waals surface area contributed by atoms with E-state index in [-0.39, 0.29) is 12.6 Å². The van der Waals surface area contributed by atoms with Gasteiger partial charge in [-0.25, -0.2) is 13.4 Å². The highest BCUT2D eigenvalue weighted by molar-refractivity contribution is 7.91. The van der Waals surface area contributed by atoms with Crippen molar-refractivity contribution >= 4 is 33.4 Å². The van der Waals surface area contributed by atoms with Crippen LogP contribution >= 0.6 is 11.6 Å². The van der Waals surface area contributed by atoms with E-state index in [9.17, 15) is 18.8 Å². The summed E-state index contributed by atoms with van der Waals surface area (Å²) in [5, 5.41) is 19.8. The number of aliphatic hydroxyl groups is 1. The third kappa shape index (κ3) is 6.75. The van der Waals surface area contributed by atoms with Crippen molar-refractivity contribution in [2.75, 3.05) is 35.6 Å². The number of hydrogen-bond donors (Lipinski definition) is 2. The van der Waals surface area contributed by atoms with Gasteiger partial charge in [-0.2, -0.15) is 10.2 Å². The molecule has 0 amide bonds. The first-order valence-corrected chi connectivity index (χ1v) is 15.0. The zero-order chi connectivity index (χ0) is 29.1. The van der Waals surface area contributed by atoms with Gasteiger partial charge in [0.2, 0.25) is 16.0 Å². The van der Waals surface area contributed by atoms with Crippen molar-refractivity contribution in [3.05, 3.63) is 69.9 Å². The Morgan fingerprint density at radius 1 is 1.20 bits per heavy atom. The second-order valence-corrected chi connectivity index (χ2v) is 12.4. The smallest absolute Gasteiger partial charge is 0.238 e. The molecule has 1 fully saturated rings. The van der Waals surface area contributed by atoms with E-state index in [4.69, 9.17) is 21.1 Å². The van der Waals surface area contributed by atoms with Crippen LogP contribution < -0.4 is 19.1 Å². The number of nitriles is 1. The molecule has 2 heterocycles. The molecule has 4 rings (SSSR count). The van der Waals surface area contributed by atoms with Crippen LogP contribution in [0, 0.1) is 11.3 Å². The van der Waals surface area contributed by atoms with Crippen molar-refractivity contribution in [1.82, 2.24) is 9.97 Å². The van der Waals surface area contributed by atoms with Gasteiger partial charge in [-0.05, 0) is 41.8 Å². The second-order valence-electron chi connectivity index (χ2n) is 10.2. The molecule has 2 N–H and O–H groups in total. The van der Waals surface area contributed by atoms with Crippen LogP contribution in [0.2, 0.25) is 5.02 Å². The molecular formula is C28H32ClN5O5S. The number of halogens is 1. The van der Waals surface area contributed by atoms with E-state index in [2.05, 4.69) is 34.6 Å². The predicted molar refractivity (Wildman–Crippen MR) is 154 cm³/mol. The summed E-state index contributed by atoms with van der Waals surface area (Å²) in [6.45, 7) is 7.49. The molecule has 3 aromatic rings. The molecule has 212 valence electrons. The van der Waals surface area contributed by atoms with Gasteiger partial charge in [0.1, 0.15) is 24.2 Å². The predicted octanol–water partition coefficient (Wildman–Crippen LogP) is 4.25. The van der Waals surface area contributed by atoms with Crippen LogP contribution in [0.15, 0.2) is 42.6 Å². The number of rotatable bonds is 11. The Morgan fingerprint density at radius 3 is 2.50 bits per heavy atom. The topological polar surface area (TPSA) is 138 Å². The van der Waals surface area contributed by atoms with E-state index in [1.54, 1.807) is 0 Å². The number of nitrogens with zero attached hydrogens (tertiary/aromatic N) is 4. The average molecular weight is 586 g/mol. The quantitative estimate of drug-likeness (QED) is 0.338. The SMILES string of the molecule is CCCOc1c(Cl)cc(C(C)(C)c2ccc(OCc3cnc(NS(C)(=O)=O)nc3N3CC(O)C3)cc2)cc1C#N. The summed E-state index contributed by atoms with van der Waals surface area (Å²) in [5.74, 6) is 1.48. The number of hydrogen-bond acceptors (Lipinski definition) is 9. The van der Waals surface area contributed by atoms with Gasteiger partial charge < -0.3 is 19.5 Å². The highest BCUT2D eigenvalue weighted by Gasteiger charge is 2.29. The molecule has 0 bridgehead atoms. The molecule has 2 aromatic carbocycles. The fourth-order valence-electron chi connectivity index (χ4n) is 4.30. The average Bonchev–Trinajstić information content (AvgIpc) is 2.88. The molecule has 0 aliphatic carbocycles. The maximum absolute atomic E-state index is 11.6. The molecular weight excluding hydrogens is 554 g/mol.